The first-order valence-corrected chi connectivity index (χ1v) is 10.3. The van der Waals surface area contributed by atoms with Crippen LogP contribution in [0.15, 0.2) is 90.2 Å². The van der Waals surface area contributed by atoms with Crippen LogP contribution in [0, 0.1) is 13.8 Å². The molecule has 0 saturated carbocycles. The van der Waals surface area contributed by atoms with Gasteiger partial charge in [-0.15, -0.1) is 0 Å². The average molecular weight is 425 g/mol. The molecule has 0 spiro atoms. The maximum atomic E-state index is 12.2. The molecule has 0 bridgehead atoms. The minimum Gasteiger partial charge on any atom is -0.483 e. The molecule has 0 radical (unpaired) electrons. The zero-order valence-corrected chi connectivity index (χ0v) is 18.0. The summed E-state index contributed by atoms with van der Waals surface area (Å²) in [6, 6.07) is 25.5. The van der Waals surface area contributed by atoms with Crippen LogP contribution in [0.3, 0.4) is 0 Å². The zero-order chi connectivity index (χ0) is 22.3. The number of para-hydroxylation sites is 1. The van der Waals surface area contributed by atoms with Gasteiger partial charge in [0.15, 0.2) is 6.61 Å². The third-order valence-corrected chi connectivity index (χ3v) is 4.89. The van der Waals surface area contributed by atoms with Crippen LogP contribution in [-0.4, -0.2) is 28.5 Å². The molecule has 6 nitrogen and oxygen atoms in total. The van der Waals surface area contributed by atoms with Crippen LogP contribution in [0.4, 0.5) is 0 Å². The molecule has 0 aliphatic carbocycles. The second-order valence-corrected chi connectivity index (χ2v) is 7.46. The molecule has 0 unspecified atom stereocenters. The van der Waals surface area contributed by atoms with Crippen molar-refractivity contribution in [3.8, 4) is 22.7 Å². The third kappa shape index (κ3) is 5.10. The van der Waals surface area contributed by atoms with Crippen LogP contribution in [0.25, 0.3) is 16.9 Å². The van der Waals surface area contributed by atoms with E-state index in [0.717, 1.165) is 28.1 Å². The third-order valence-electron chi connectivity index (χ3n) is 4.89. The van der Waals surface area contributed by atoms with Gasteiger partial charge in [0, 0.05) is 5.56 Å². The van der Waals surface area contributed by atoms with Crippen LogP contribution in [0.2, 0.25) is 0 Å². The number of hydrogen-bond acceptors (Lipinski definition) is 4. The van der Waals surface area contributed by atoms with Gasteiger partial charge in [-0.1, -0.05) is 59.7 Å². The number of ether oxygens (including phenoxy) is 1. The van der Waals surface area contributed by atoms with Gasteiger partial charge in [0.05, 0.1) is 23.8 Å². The second kappa shape index (κ2) is 9.75. The van der Waals surface area contributed by atoms with Gasteiger partial charge in [0.2, 0.25) is 0 Å². The van der Waals surface area contributed by atoms with Crippen LogP contribution in [0.5, 0.6) is 5.75 Å². The quantitative estimate of drug-likeness (QED) is 0.346. The lowest BCUT2D eigenvalue weighted by atomic mass is 10.1. The number of carbonyl (C=O) groups is 1. The molecule has 1 N–H and O–H groups in total. The first-order chi connectivity index (χ1) is 15.6. The maximum absolute atomic E-state index is 12.2. The van der Waals surface area contributed by atoms with Crippen molar-refractivity contribution < 1.29 is 9.53 Å². The number of hydrogen-bond donors (Lipinski definition) is 1. The number of benzene rings is 3. The van der Waals surface area contributed by atoms with E-state index in [1.807, 2.05) is 97.4 Å². The normalized spacial score (nSPS) is 10.9. The van der Waals surface area contributed by atoms with Crippen molar-refractivity contribution in [3.05, 3.63) is 102 Å². The maximum Gasteiger partial charge on any atom is 0.277 e. The van der Waals surface area contributed by atoms with Crippen molar-refractivity contribution in [3.63, 3.8) is 0 Å². The summed E-state index contributed by atoms with van der Waals surface area (Å²) in [7, 11) is 0. The Kier molecular flexibility index (Phi) is 6.41. The molecule has 1 heterocycles. The molecule has 4 rings (SSSR count). The highest BCUT2D eigenvalue weighted by molar-refractivity contribution is 5.83. The predicted molar refractivity (Wildman–Crippen MR) is 126 cm³/mol. The number of hydrazone groups is 1. The van der Waals surface area contributed by atoms with Crippen LogP contribution < -0.4 is 10.2 Å². The molecular weight excluding hydrogens is 400 g/mol. The Morgan fingerprint density at radius 1 is 1.00 bits per heavy atom. The van der Waals surface area contributed by atoms with Crippen LogP contribution in [-0.2, 0) is 4.79 Å². The van der Waals surface area contributed by atoms with E-state index < -0.39 is 0 Å². The smallest absolute Gasteiger partial charge is 0.277 e. The topological polar surface area (TPSA) is 68.5 Å². The van der Waals surface area contributed by atoms with E-state index in [4.69, 9.17) is 4.74 Å². The molecule has 0 fully saturated rings. The zero-order valence-electron chi connectivity index (χ0n) is 18.0. The number of rotatable bonds is 7. The molecule has 1 aromatic heterocycles. The highest BCUT2D eigenvalue weighted by Gasteiger charge is 2.14. The SMILES string of the molecule is Cc1ccc(/C=N/NC(=O)COc2ccc(C)cc2-c2ccnn2-c2ccccc2)cc1. The fraction of sp³-hybridized carbons (Fsp3) is 0.115. The Hall–Kier alpha value is -4.19. The second-order valence-electron chi connectivity index (χ2n) is 7.46. The standard InChI is InChI=1S/C26H24N4O2/c1-19-8-11-21(12-9-19)17-27-29-26(31)18-32-25-13-10-20(2)16-23(25)24-14-15-28-30(24)22-6-4-3-5-7-22/h3-17H,18H2,1-2H3,(H,29,31)/b27-17+. The van der Waals surface area contributed by atoms with Gasteiger partial charge in [-0.3, -0.25) is 4.79 Å². The molecular formula is C26H24N4O2. The predicted octanol–water partition coefficient (Wildman–Crippen LogP) is 4.69. The fourth-order valence-electron chi connectivity index (χ4n) is 3.26. The van der Waals surface area contributed by atoms with E-state index in [1.165, 1.54) is 5.56 Å². The van der Waals surface area contributed by atoms with Gasteiger partial charge in [-0.05, 0) is 49.7 Å². The lowest BCUT2D eigenvalue weighted by molar-refractivity contribution is -0.123. The number of amides is 1. The van der Waals surface area contributed by atoms with E-state index in [0.29, 0.717) is 5.75 Å². The van der Waals surface area contributed by atoms with Crippen molar-refractivity contribution in [2.75, 3.05) is 6.61 Å². The van der Waals surface area contributed by atoms with Gasteiger partial charge in [0.25, 0.3) is 5.91 Å². The molecule has 1 amide bonds. The Labute approximate surface area is 187 Å². The summed E-state index contributed by atoms with van der Waals surface area (Å²) in [5.41, 5.74) is 8.36. The Balaban J connectivity index is 1.47. The largest absolute Gasteiger partial charge is 0.483 e. The minimum absolute atomic E-state index is 0.152. The number of carbonyl (C=O) groups excluding carboxylic acids is 1. The lowest BCUT2D eigenvalue weighted by Gasteiger charge is -2.14. The number of aryl methyl sites for hydroxylation is 2. The van der Waals surface area contributed by atoms with E-state index in [1.54, 1.807) is 12.4 Å². The Morgan fingerprint density at radius 3 is 2.53 bits per heavy atom. The Morgan fingerprint density at radius 2 is 1.75 bits per heavy atom. The highest BCUT2D eigenvalue weighted by Crippen LogP contribution is 2.32. The van der Waals surface area contributed by atoms with E-state index in [9.17, 15) is 4.79 Å². The summed E-state index contributed by atoms with van der Waals surface area (Å²) in [6.45, 7) is 3.88. The number of nitrogens with one attached hydrogen (secondary N) is 1. The van der Waals surface area contributed by atoms with Gasteiger partial charge < -0.3 is 4.74 Å². The molecule has 32 heavy (non-hydrogen) atoms. The number of aromatic nitrogens is 2. The van der Waals surface area contributed by atoms with Crippen molar-refractivity contribution >= 4 is 12.1 Å². The summed E-state index contributed by atoms with van der Waals surface area (Å²) in [5.74, 6) is 0.266. The summed E-state index contributed by atoms with van der Waals surface area (Å²) in [5, 5.41) is 8.47. The first-order valence-electron chi connectivity index (χ1n) is 10.3. The van der Waals surface area contributed by atoms with Crippen molar-refractivity contribution in [1.82, 2.24) is 15.2 Å². The molecule has 0 aliphatic rings. The first kappa shape index (κ1) is 21.1. The molecule has 6 heteroatoms. The summed E-state index contributed by atoms with van der Waals surface area (Å²) >= 11 is 0. The molecule has 160 valence electrons. The van der Waals surface area contributed by atoms with Crippen LogP contribution in [0.1, 0.15) is 16.7 Å². The van der Waals surface area contributed by atoms with E-state index in [-0.39, 0.29) is 12.5 Å². The molecule has 0 atom stereocenters. The lowest BCUT2D eigenvalue weighted by Crippen LogP contribution is -2.24. The summed E-state index contributed by atoms with van der Waals surface area (Å²) in [6.07, 6.45) is 3.36. The molecule has 4 aromatic rings. The minimum atomic E-state index is -0.337. The Bertz CT molecular complexity index is 1230. The number of nitrogens with zero attached hydrogens (tertiary/aromatic N) is 3. The van der Waals surface area contributed by atoms with E-state index in [2.05, 4.69) is 15.6 Å². The van der Waals surface area contributed by atoms with Crippen molar-refractivity contribution in [2.45, 2.75) is 13.8 Å². The average Bonchev–Trinajstić information content (AvgIpc) is 3.30. The van der Waals surface area contributed by atoms with Crippen molar-refractivity contribution in [1.29, 1.82) is 0 Å². The summed E-state index contributed by atoms with van der Waals surface area (Å²) < 4.78 is 7.71. The van der Waals surface area contributed by atoms with Crippen molar-refractivity contribution in [2.24, 2.45) is 5.10 Å². The summed E-state index contributed by atoms with van der Waals surface area (Å²) in [4.78, 5) is 12.2. The molecule has 3 aromatic carbocycles. The molecule has 0 aliphatic heterocycles. The monoisotopic (exact) mass is 424 g/mol. The van der Waals surface area contributed by atoms with Gasteiger partial charge in [-0.2, -0.15) is 10.2 Å². The van der Waals surface area contributed by atoms with Gasteiger partial charge in [-0.25, -0.2) is 10.1 Å². The highest BCUT2D eigenvalue weighted by atomic mass is 16.5. The van der Waals surface area contributed by atoms with Gasteiger partial charge >= 0.3 is 0 Å². The van der Waals surface area contributed by atoms with Crippen LogP contribution >= 0.6 is 0 Å². The molecule has 0 saturated heterocycles. The van der Waals surface area contributed by atoms with Gasteiger partial charge in [0.1, 0.15) is 5.75 Å². The van der Waals surface area contributed by atoms with E-state index >= 15 is 0 Å². The fourth-order valence-corrected chi connectivity index (χ4v) is 3.26.